The van der Waals surface area contributed by atoms with Crippen molar-refractivity contribution in [2.24, 2.45) is 0 Å². The van der Waals surface area contributed by atoms with Gasteiger partial charge < -0.3 is 4.74 Å². The molecule has 0 heterocycles. The minimum Gasteiger partial charge on any atom is -0.423 e. The van der Waals surface area contributed by atoms with Gasteiger partial charge in [0.2, 0.25) is 0 Å². The van der Waals surface area contributed by atoms with Crippen LogP contribution in [-0.4, -0.2) is 5.97 Å². The Hall–Kier alpha value is -1.57. The molecule has 1 aromatic carbocycles. The van der Waals surface area contributed by atoms with E-state index in [4.69, 9.17) is 4.74 Å². The third kappa shape index (κ3) is 2.01. The summed E-state index contributed by atoms with van der Waals surface area (Å²) < 4.78 is 5.28. The van der Waals surface area contributed by atoms with Gasteiger partial charge in [-0.15, -0.1) is 0 Å². The van der Waals surface area contributed by atoms with Crippen molar-refractivity contribution >= 4 is 5.97 Å². The van der Waals surface area contributed by atoms with Crippen molar-refractivity contribution in [2.45, 2.75) is 34.6 Å². The van der Waals surface area contributed by atoms with Gasteiger partial charge in [-0.3, -0.25) is 0 Å². The molecule has 0 aromatic heterocycles. The van der Waals surface area contributed by atoms with Gasteiger partial charge in [0, 0.05) is 6.08 Å². The Balaban J connectivity index is 3.39. The Morgan fingerprint density at radius 1 is 0.938 bits per heavy atom. The van der Waals surface area contributed by atoms with Crippen LogP contribution in [0.4, 0.5) is 0 Å². The number of hydrogen-bond donors (Lipinski definition) is 0. The van der Waals surface area contributed by atoms with Crippen molar-refractivity contribution in [1.82, 2.24) is 0 Å². The van der Waals surface area contributed by atoms with Crippen molar-refractivity contribution < 1.29 is 9.53 Å². The van der Waals surface area contributed by atoms with E-state index in [2.05, 4.69) is 13.5 Å². The summed E-state index contributed by atoms with van der Waals surface area (Å²) in [5.74, 6) is 0.263. The van der Waals surface area contributed by atoms with Gasteiger partial charge in [-0.1, -0.05) is 6.58 Å². The number of rotatable bonds is 2. The summed E-state index contributed by atoms with van der Waals surface area (Å²) in [5, 5.41) is 0. The third-order valence-electron chi connectivity index (χ3n) is 3.30. The first-order chi connectivity index (χ1) is 7.40. The van der Waals surface area contributed by atoms with Gasteiger partial charge in [0.25, 0.3) is 0 Å². The summed E-state index contributed by atoms with van der Waals surface area (Å²) in [5.41, 5.74) is 5.66. The summed E-state index contributed by atoms with van der Waals surface area (Å²) >= 11 is 0. The largest absolute Gasteiger partial charge is 0.423 e. The van der Waals surface area contributed by atoms with E-state index in [1.54, 1.807) is 0 Å². The molecule has 2 heteroatoms. The zero-order chi connectivity index (χ0) is 12.5. The third-order valence-corrected chi connectivity index (χ3v) is 3.30. The van der Waals surface area contributed by atoms with E-state index in [1.807, 2.05) is 27.7 Å². The fraction of sp³-hybridized carbons (Fsp3) is 0.357. The first-order valence-corrected chi connectivity index (χ1v) is 5.31. The van der Waals surface area contributed by atoms with Crippen LogP contribution >= 0.6 is 0 Å². The lowest BCUT2D eigenvalue weighted by Gasteiger charge is -2.17. The molecule has 1 aromatic rings. The van der Waals surface area contributed by atoms with Gasteiger partial charge in [0.15, 0.2) is 0 Å². The Bertz CT molecular complexity index is 427. The highest BCUT2D eigenvalue weighted by Gasteiger charge is 2.14. The molecule has 0 saturated carbocycles. The van der Waals surface area contributed by atoms with Crippen molar-refractivity contribution in [3.8, 4) is 5.75 Å². The average molecular weight is 218 g/mol. The molecular weight excluding hydrogens is 200 g/mol. The first-order valence-electron chi connectivity index (χ1n) is 5.31. The van der Waals surface area contributed by atoms with E-state index in [9.17, 15) is 4.79 Å². The van der Waals surface area contributed by atoms with Gasteiger partial charge >= 0.3 is 5.97 Å². The molecule has 16 heavy (non-hydrogen) atoms. The lowest BCUT2D eigenvalue weighted by molar-refractivity contribution is -0.129. The highest BCUT2D eigenvalue weighted by Crippen LogP contribution is 2.32. The van der Waals surface area contributed by atoms with Crippen LogP contribution in [0, 0.1) is 34.6 Å². The summed E-state index contributed by atoms with van der Waals surface area (Å²) in [4.78, 5) is 11.3. The van der Waals surface area contributed by atoms with E-state index >= 15 is 0 Å². The van der Waals surface area contributed by atoms with Crippen molar-refractivity contribution in [1.29, 1.82) is 0 Å². The van der Waals surface area contributed by atoms with Crippen molar-refractivity contribution in [3.63, 3.8) is 0 Å². The molecule has 0 aliphatic rings. The molecule has 0 spiro atoms. The normalized spacial score (nSPS) is 10.1. The van der Waals surface area contributed by atoms with Gasteiger partial charge in [-0.2, -0.15) is 0 Å². The molecule has 0 amide bonds. The van der Waals surface area contributed by atoms with Gasteiger partial charge in [0.1, 0.15) is 5.75 Å². The Labute approximate surface area is 96.9 Å². The Kier molecular flexibility index (Phi) is 3.53. The van der Waals surface area contributed by atoms with E-state index in [-0.39, 0.29) is 0 Å². The molecule has 1 rings (SSSR count). The van der Waals surface area contributed by atoms with Gasteiger partial charge in [-0.25, -0.2) is 4.79 Å². The van der Waals surface area contributed by atoms with Crippen LogP contribution < -0.4 is 4.74 Å². The van der Waals surface area contributed by atoms with Crippen LogP contribution in [0.2, 0.25) is 0 Å². The molecule has 0 unspecified atom stereocenters. The number of benzene rings is 1. The second-order valence-corrected chi connectivity index (χ2v) is 4.08. The lowest BCUT2D eigenvalue weighted by atomic mass is 9.94. The van der Waals surface area contributed by atoms with Crippen molar-refractivity contribution in [3.05, 3.63) is 40.5 Å². The number of carbonyl (C=O) groups excluding carboxylic acids is 1. The molecule has 0 aliphatic carbocycles. The minimum absolute atomic E-state index is 0.408. The second-order valence-electron chi connectivity index (χ2n) is 4.08. The zero-order valence-corrected chi connectivity index (χ0v) is 10.6. The molecule has 0 radical (unpaired) electrons. The minimum atomic E-state index is -0.408. The molecule has 0 atom stereocenters. The van der Waals surface area contributed by atoms with Crippen LogP contribution in [0.25, 0.3) is 0 Å². The monoisotopic (exact) mass is 218 g/mol. The number of hydrogen-bond acceptors (Lipinski definition) is 2. The van der Waals surface area contributed by atoms with E-state index in [0.29, 0.717) is 5.75 Å². The maximum atomic E-state index is 11.3. The molecule has 0 N–H and O–H groups in total. The smallest absolute Gasteiger partial charge is 0.335 e. The number of esters is 1. The first kappa shape index (κ1) is 12.5. The van der Waals surface area contributed by atoms with Crippen LogP contribution in [0.1, 0.15) is 27.8 Å². The fourth-order valence-corrected chi connectivity index (χ4v) is 1.76. The number of carbonyl (C=O) groups is 1. The maximum absolute atomic E-state index is 11.3. The number of ether oxygens (including phenoxy) is 1. The topological polar surface area (TPSA) is 26.3 Å². The van der Waals surface area contributed by atoms with E-state index in [0.717, 1.165) is 11.1 Å². The molecule has 86 valence electrons. The average Bonchev–Trinajstić information content (AvgIpc) is 2.29. The highest BCUT2D eigenvalue weighted by molar-refractivity contribution is 5.84. The lowest BCUT2D eigenvalue weighted by Crippen LogP contribution is -2.08. The summed E-state index contributed by atoms with van der Waals surface area (Å²) in [6, 6.07) is 0. The molecule has 0 saturated heterocycles. The molecule has 2 nitrogen and oxygen atoms in total. The Morgan fingerprint density at radius 2 is 1.31 bits per heavy atom. The van der Waals surface area contributed by atoms with Crippen LogP contribution in [-0.2, 0) is 4.79 Å². The molecular formula is C14H18O2. The zero-order valence-electron chi connectivity index (χ0n) is 10.6. The predicted octanol–water partition coefficient (Wildman–Crippen LogP) is 3.32. The van der Waals surface area contributed by atoms with Crippen LogP contribution in [0.15, 0.2) is 12.7 Å². The maximum Gasteiger partial charge on any atom is 0.335 e. The summed E-state index contributed by atoms with van der Waals surface area (Å²) in [6.07, 6.45) is 1.18. The summed E-state index contributed by atoms with van der Waals surface area (Å²) in [7, 11) is 0. The van der Waals surface area contributed by atoms with Crippen molar-refractivity contribution in [2.75, 3.05) is 0 Å². The Morgan fingerprint density at radius 3 is 1.69 bits per heavy atom. The molecule has 0 fully saturated rings. The predicted molar refractivity (Wildman–Crippen MR) is 66.0 cm³/mol. The van der Waals surface area contributed by atoms with Gasteiger partial charge in [-0.05, 0) is 62.4 Å². The van der Waals surface area contributed by atoms with Crippen LogP contribution in [0.5, 0.6) is 5.75 Å². The quantitative estimate of drug-likeness (QED) is 0.432. The summed E-state index contributed by atoms with van der Waals surface area (Å²) in [6.45, 7) is 13.5. The fourth-order valence-electron chi connectivity index (χ4n) is 1.76. The van der Waals surface area contributed by atoms with Gasteiger partial charge in [0.05, 0.1) is 0 Å². The molecule has 0 aliphatic heterocycles. The second kappa shape index (κ2) is 4.52. The standard InChI is InChI=1S/C14H18O2/c1-7-13(15)16-14-11(5)9(3)8(2)10(4)12(14)6/h7H,1H2,2-6H3. The highest BCUT2D eigenvalue weighted by atomic mass is 16.5. The molecule has 0 bridgehead atoms. The SMILES string of the molecule is C=CC(=O)Oc1c(C)c(C)c(C)c(C)c1C. The van der Waals surface area contributed by atoms with E-state index < -0.39 is 5.97 Å². The van der Waals surface area contributed by atoms with Crippen LogP contribution in [0.3, 0.4) is 0 Å². The van der Waals surface area contributed by atoms with E-state index in [1.165, 1.54) is 22.8 Å².